The number of rotatable bonds is 5. The van der Waals surface area contributed by atoms with Gasteiger partial charge in [-0.3, -0.25) is 9.79 Å². The zero-order chi connectivity index (χ0) is 18.6. The molecule has 0 spiro atoms. The molecule has 2 aromatic rings. The third-order valence-electron chi connectivity index (χ3n) is 4.72. The normalized spacial score (nSPS) is 17.0. The number of carbonyl (C=O) groups is 1. The Labute approximate surface area is 158 Å². The van der Waals surface area contributed by atoms with Crippen LogP contribution >= 0.6 is 0 Å². The first-order valence-electron chi connectivity index (χ1n) is 8.97. The van der Waals surface area contributed by atoms with Crippen molar-refractivity contribution in [1.82, 2.24) is 0 Å². The van der Waals surface area contributed by atoms with Gasteiger partial charge in [0.15, 0.2) is 0 Å². The van der Waals surface area contributed by atoms with Crippen LogP contribution in [-0.4, -0.2) is 23.3 Å². The highest BCUT2D eigenvalue weighted by atomic mass is 16.4. The van der Waals surface area contributed by atoms with Crippen molar-refractivity contribution >= 4 is 23.1 Å². The van der Waals surface area contributed by atoms with E-state index in [0.29, 0.717) is 0 Å². The van der Waals surface area contributed by atoms with E-state index in [1.54, 1.807) is 0 Å². The number of anilines is 1. The summed E-state index contributed by atoms with van der Waals surface area (Å²) >= 11 is 0. The van der Waals surface area contributed by atoms with E-state index in [1.807, 2.05) is 77.7 Å². The predicted molar refractivity (Wildman–Crippen MR) is 109 cm³/mol. The molecule has 27 heavy (non-hydrogen) atoms. The van der Waals surface area contributed by atoms with Crippen LogP contribution in [0.3, 0.4) is 0 Å². The summed E-state index contributed by atoms with van der Waals surface area (Å²) in [7, 11) is 0. The maximum Gasteiger partial charge on any atom is 0.323 e. The van der Waals surface area contributed by atoms with Crippen LogP contribution in [0.1, 0.15) is 11.1 Å². The molecule has 2 aliphatic heterocycles. The second-order valence-electron chi connectivity index (χ2n) is 6.60. The molecule has 0 unspecified atom stereocenters. The number of para-hydroxylation sites is 2. The minimum atomic E-state index is -0.833. The summed E-state index contributed by atoms with van der Waals surface area (Å²) in [6, 6.07) is 16.1. The Morgan fingerprint density at radius 2 is 1.78 bits per heavy atom. The van der Waals surface area contributed by atoms with Gasteiger partial charge in [0.05, 0.1) is 5.69 Å². The Hall–Kier alpha value is -3.40. The lowest BCUT2D eigenvalue weighted by Gasteiger charge is -2.18. The van der Waals surface area contributed by atoms with E-state index >= 15 is 0 Å². The molecule has 0 atom stereocenters. The Balaban J connectivity index is 1.44. The van der Waals surface area contributed by atoms with Gasteiger partial charge in [-0.25, -0.2) is 0 Å². The number of aliphatic carboxylic acids is 1. The van der Waals surface area contributed by atoms with Crippen LogP contribution < -0.4 is 4.90 Å². The molecule has 0 aliphatic carbocycles. The second kappa shape index (κ2) is 7.46. The molecular formula is C23H20N2O2. The van der Waals surface area contributed by atoms with Gasteiger partial charge in [0.1, 0.15) is 6.54 Å². The summed E-state index contributed by atoms with van der Waals surface area (Å²) in [5, 5.41) is 9.21. The van der Waals surface area contributed by atoms with Gasteiger partial charge in [0.2, 0.25) is 0 Å². The monoisotopic (exact) mass is 356 g/mol. The molecule has 0 fully saturated rings. The highest BCUT2D eigenvalue weighted by molar-refractivity contribution is 6.02. The van der Waals surface area contributed by atoms with Gasteiger partial charge >= 0.3 is 5.97 Å². The number of carboxylic acids is 1. The SMILES string of the molecule is O=C(O)CN1/C(=C/C=C/C=C/C2=Nc3ccccc3C2)Cc2ccccc21. The minimum absolute atomic E-state index is 0.0262. The number of allylic oxidation sites excluding steroid dienone is 6. The molecule has 2 aliphatic rings. The van der Waals surface area contributed by atoms with Gasteiger partial charge in [0, 0.05) is 29.9 Å². The maximum atomic E-state index is 11.2. The van der Waals surface area contributed by atoms with Crippen LogP contribution in [0.25, 0.3) is 0 Å². The van der Waals surface area contributed by atoms with E-state index in [9.17, 15) is 9.90 Å². The van der Waals surface area contributed by atoms with Crippen LogP contribution in [0, 0.1) is 0 Å². The predicted octanol–water partition coefficient (Wildman–Crippen LogP) is 4.46. The fourth-order valence-corrected chi connectivity index (χ4v) is 3.49. The highest BCUT2D eigenvalue weighted by Gasteiger charge is 2.24. The van der Waals surface area contributed by atoms with Gasteiger partial charge in [-0.1, -0.05) is 54.6 Å². The summed E-state index contributed by atoms with van der Waals surface area (Å²) in [6.45, 7) is -0.0262. The third kappa shape index (κ3) is 3.75. The average Bonchev–Trinajstić information content (AvgIpc) is 3.22. The zero-order valence-corrected chi connectivity index (χ0v) is 14.9. The van der Waals surface area contributed by atoms with Gasteiger partial charge in [-0.2, -0.15) is 0 Å². The largest absolute Gasteiger partial charge is 0.480 e. The Morgan fingerprint density at radius 1 is 1.00 bits per heavy atom. The zero-order valence-electron chi connectivity index (χ0n) is 14.9. The minimum Gasteiger partial charge on any atom is -0.480 e. The molecule has 0 amide bonds. The van der Waals surface area contributed by atoms with E-state index in [2.05, 4.69) is 11.1 Å². The molecule has 134 valence electrons. The summed E-state index contributed by atoms with van der Waals surface area (Å²) < 4.78 is 0. The van der Waals surface area contributed by atoms with E-state index in [-0.39, 0.29) is 6.54 Å². The molecule has 0 saturated heterocycles. The number of nitrogens with zero attached hydrogens (tertiary/aromatic N) is 2. The van der Waals surface area contributed by atoms with Crippen molar-refractivity contribution in [2.24, 2.45) is 4.99 Å². The highest BCUT2D eigenvalue weighted by Crippen LogP contribution is 2.34. The molecule has 0 aromatic heterocycles. The van der Waals surface area contributed by atoms with Crippen molar-refractivity contribution in [2.45, 2.75) is 12.8 Å². The molecular weight excluding hydrogens is 336 g/mol. The first kappa shape index (κ1) is 17.0. The summed E-state index contributed by atoms with van der Waals surface area (Å²) in [4.78, 5) is 17.7. The molecule has 4 heteroatoms. The lowest BCUT2D eigenvalue weighted by atomic mass is 10.1. The number of benzene rings is 2. The quantitative estimate of drug-likeness (QED) is 0.805. The summed E-state index contributed by atoms with van der Waals surface area (Å²) in [5.41, 5.74) is 6.50. The molecule has 4 nitrogen and oxygen atoms in total. The van der Waals surface area contributed by atoms with E-state index in [4.69, 9.17) is 0 Å². The number of carboxylic acid groups (broad SMARTS) is 1. The van der Waals surface area contributed by atoms with Crippen molar-refractivity contribution in [1.29, 1.82) is 0 Å². The summed E-state index contributed by atoms with van der Waals surface area (Å²) in [6.07, 6.45) is 11.5. The summed E-state index contributed by atoms with van der Waals surface area (Å²) in [5.74, 6) is -0.833. The Kier molecular flexibility index (Phi) is 4.71. The maximum absolute atomic E-state index is 11.2. The van der Waals surface area contributed by atoms with Crippen molar-refractivity contribution in [2.75, 3.05) is 11.4 Å². The molecule has 0 bridgehead atoms. The number of aliphatic imine (C=N–C) groups is 1. The van der Waals surface area contributed by atoms with Crippen LogP contribution in [0.4, 0.5) is 11.4 Å². The van der Waals surface area contributed by atoms with Gasteiger partial charge in [-0.05, 0) is 35.4 Å². The smallest absolute Gasteiger partial charge is 0.323 e. The van der Waals surface area contributed by atoms with Crippen molar-refractivity contribution < 1.29 is 9.90 Å². The lowest BCUT2D eigenvalue weighted by molar-refractivity contribution is -0.135. The molecule has 2 aromatic carbocycles. The molecule has 4 rings (SSSR count). The Morgan fingerprint density at radius 3 is 2.59 bits per heavy atom. The van der Waals surface area contributed by atoms with Crippen LogP contribution in [0.2, 0.25) is 0 Å². The Bertz CT molecular complexity index is 999. The van der Waals surface area contributed by atoms with Gasteiger partial charge < -0.3 is 10.0 Å². The van der Waals surface area contributed by atoms with Gasteiger partial charge in [0.25, 0.3) is 0 Å². The first-order valence-corrected chi connectivity index (χ1v) is 8.97. The van der Waals surface area contributed by atoms with Crippen LogP contribution in [0.5, 0.6) is 0 Å². The standard InChI is InChI=1S/C23H20N2O2/c26-23(27)16-25-20(15-18-9-5-7-13-22(18)25)11-3-1-2-10-19-14-17-8-4-6-12-21(17)24-19/h1-13H,14-16H2,(H,26,27)/b3-1+,10-2+,20-11+. The number of hydrogen-bond donors (Lipinski definition) is 1. The molecule has 0 saturated carbocycles. The number of hydrogen-bond acceptors (Lipinski definition) is 3. The van der Waals surface area contributed by atoms with Crippen molar-refractivity contribution in [3.63, 3.8) is 0 Å². The van der Waals surface area contributed by atoms with Crippen LogP contribution in [-0.2, 0) is 17.6 Å². The van der Waals surface area contributed by atoms with Gasteiger partial charge in [-0.15, -0.1) is 0 Å². The average molecular weight is 356 g/mol. The van der Waals surface area contributed by atoms with E-state index in [0.717, 1.165) is 41.2 Å². The van der Waals surface area contributed by atoms with Crippen molar-refractivity contribution in [3.05, 3.63) is 95.7 Å². The molecule has 0 radical (unpaired) electrons. The molecule has 2 heterocycles. The fourth-order valence-electron chi connectivity index (χ4n) is 3.49. The molecule has 1 N–H and O–H groups in total. The topological polar surface area (TPSA) is 52.9 Å². The fraction of sp³-hybridized carbons (Fsp3) is 0.130. The van der Waals surface area contributed by atoms with E-state index in [1.165, 1.54) is 5.56 Å². The lowest BCUT2D eigenvalue weighted by Crippen LogP contribution is -2.26. The third-order valence-corrected chi connectivity index (χ3v) is 4.72. The van der Waals surface area contributed by atoms with E-state index < -0.39 is 5.97 Å². The van der Waals surface area contributed by atoms with Crippen LogP contribution in [0.15, 0.2) is 89.6 Å². The second-order valence-corrected chi connectivity index (χ2v) is 6.60. The van der Waals surface area contributed by atoms with Crippen molar-refractivity contribution in [3.8, 4) is 0 Å². The number of fused-ring (bicyclic) bond motifs is 2. The first-order chi connectivity index (χ1) is 13.2.